The fourth-order valence-corrected chi connectivity index (χ4v) is 3.64. The van der Waals surface area contributed by atoms with Gasteiger partial charge in [0.25, 0.3) is 5.91 Å². The first-order valence-electron chi connectivity index (χ1n) is 7.91. The summed E-state index contributed by atoms with van der Waals surface area (Å²) in [6, 6.07) is 4.05. The van der Waals surface area contributed by atoms with Gasteiger partial charge in [-0.15, -0.1) is 12.4 Å². The second kappa shape index (κ2) is 7.15. The monoisotopic (exact) mass is 378 g/mol. The summed E-state index contributed by atoms with van der Waals surface area (Å²) in [5.41, 5.74) is 7.58. The van der Waals surface area contributed by atoms with Gasteiger partial charge in [-0.1, -0.05) is 17.8 Å². The van der Waals surface area contributed by atoms with Crippen LogP contribution in [0.3, 0.4) is 0 Å². The van der Waals surface area contributed by atoms with Crippen LogP contribution in [0.5, 0.6) is 0 Å². The molecule has 0 bridgehead atoms. The summed E-state index contributed by atoms with van der Waals surface area (Å²) in [7, 11) is 0. The Morgan fingerprint density at radius 1 is 1.36 bits per heavy atom. The molecule has 0 unspecified atom stereocenters. The Hall–Kier alpha value is -1.90. The predicted octanol–water partition coefficient (Wildman–Crippen LogP) is 2.15. The molecule has 0 radical (unpaired) electrons. The van der Waals surface area contributed by atoms with Crippen molar-refractivity contribution in [3.63, 3.8) is 0 Å². The van der Waals surface area contributed by atoms with Crippen LogP contribution in [0.2, 0.25) is 0 Å². The van der Waals surface area contributed by atoms with Crippen molar-refractivity contribution < 1.29 is 4.79 Å². The van der Waals surface area contributed by atoms with Crippen molar-refractivity contribution >= 4 is 51.9 Å². The number of halogens is 1. The smallest absolute Gasteiger partial charge is 0.269 e. The van der Waals surface area contributed by atoms with Gasteiger partial charge in [-0.05, 0) is 38.3 Å². The second-order valence-corrected chi connectivity index (χ2v) is 6.67. The number of nitrogens with two attached hydrogens (primary N) is 1. The molecule has 1 fully saturated rings. The molecule has 132 valence electrons. The van der Waals surface area contributed by atoms with E-state index in [-0.39, 0.29) is 18.4 Å². The number of fused-ring (bicyclic) bond motifs is 3. The first kappa shape index (κ1) is 17.9. The molecule has 0 aliphatic carbocycles. The average molecular weight is 379 g/mol. The number of nitrogens with one attached hydrogen (secondary N) is 1. The van der Waals surface area contributed by atoms with Crippen LogP contribution in [-0.2, 0) is 0 Å². The Bertz CT molecular complexity index is 937. The quantitative estimate of drug-likeness (QED) is 0.535. The molecule has 1 amide bonds. The number of hydrogen-bond acceptors (Lipinski definition) is 6. The highest BCUT2D eigenvalue weighted by molar-refractivity contribution is 7.98. The van der Waals surface area contributed by atoms with E-state index in [1.165, 1.54) is 11.8 Å². The van der Waals surface area contributed by atoms with E-state index < -0.39 is 5.91 Å². The number of carbonyl (C=O) groups excluding carboxylic acids is 1. The second-order valence-electron chi connectivity index (χ2n) is 5.89. The summed E-state index contributed by atoms with van der Waals surface area (Å²) >= 11 is 1.49. The van der Waals surface area contributed by atoms with Crippen LogP contribution in [0.25, 0.3) is 21.8 Å². The van der Waals surface area contributed by atoms with E-state index in [2.05, 4.69) is 20.4 Å². The van der Waals surface area contributed by atoms with Gasteiger partial charge in [-0.25, -0.2) is 9.97 Å². The van der Waals surface area contributed by atoms with Crippen molar-refractivity contribution in [2.24, 2.45) is 5.73 Å². The Labute approximate surface area is 155 Å². The maximum atomic E-state index is 11.9. The molecule has 9 heteroatoms. The van der Waals surface area contributed by atoms with Crippen LogP contribution in [0.1, 0.15) is 29.4 Å². The normalized spacial score (nSPS) is 15.4. The summed E-state index contributed by atoms with van der Waals surface area (Å²) in [5, 5.41) is 10.3. The third-order valence-corrected chi connectivity index (χ3v) is 5.03. The third-order valence-electron chi connectivity index (χ3n) is 4.47. The lowest BCUT2D eigenvalue weighted by Crippen LogP contribution is -2.30. The Kier molecular flexibility index (Phi) is 5.12. The van der Waals surface area contributed by atoms with E-state index >= 15 is 0 Å². The van der Waals surface area contributed by atoms with Crippen molar-refractivity contribution in [2.75, 3.05) is 19.3 Å². The maximum Gasteiger partial charge on any atom is 0.269 e. The number of benzene rings is 1. The molecule has 3 N–H and O–H groups in total. The summed E-state index contributed by atoms with van der Waals surface area (Å²) in [4.78, 5) is 20.9. The lowest BCUT2D eigenvalue weighted by molar-refractivity contribution is 0.0995. The van der Waals surface area contributed by atoms with Crippen LogP contribution < -0.4 is 11.1 Å². The fraction of sp³-hybridized carbons (Fsp3) is 0.375. The van der Waals surface area contributed by atoms with Gasteiger partial charge in [0.1, 0.15) is 5.52 Å². The van der Waals surface area contributed by atoms with Crippen molar-refractivity contribution in [2.45, 2.75) is 24.0 Å². The molecule has 4 rings (SSSR count). The Morgan fingerprint density at radius 2 is 2.12 bits per heavy atom. The zero-order valence-electron chi connectivity index (χ0n) is 13.7. The van der Waals surface area contributed by atoms with Gasteiger partial charge in [0.2, 0.25) is 0 Å². The molecule has 1 saturated heterocycles. The van der Waals surface area contributed by atoms with Gasteiger partial charge in [0.05, 0.1) is 11.6 Å². The molecular formula is C16H19ClN6OS. The molecule has 1 aromatic carbocycles. The zero-order valence-corrected chi connectivity index (χ0v) is 15.4. The van der Waals surface area contributed by atoms with Gasteiger partial charge in [0, 0.05) is 17.0 Å². The van der Waals surface area contributed by atoms with Crippen LogP contribution in [-0.4, -0.2) is 45.0 Å². The molecule has 1 aliphatic rings. The first-order valence-corrected chi connectivity index (χ1v) is 9.14. The largest absolute Gasteiger partial charge is 0.364 e. The molecule has 2 aromatic heterocycles. The number of carbonyl (C=O) groups is 1. The number of nitrogens with zero attached hydrogens (tertiary/aromatic N) is 4. The van der Waals surface area contributed by atoms with Crippen LogP contribution in [0.4, 0.5) is 0 Å². The maximum absolute atomic E-state index is 11.9. The standard InChI is InChI=1S/C16H18N6OS.ClH/c1-24-16-19-8-9-2-3-11-13(15(17)23)21-22(14(11)12(9)20-16)10-4-6-18-7-5-10;/h2-3,8,10,18H,4-7H2,1H3,(H2,17,23);1H. The number of hydrogen-bond donors (Lipinski definition) is 2. The average Bonchev–Trinajstić information content (AvgIpc) is 3.02. The minimum Gasteiger partial charge on any atom is -0.364 e. The molecule has 3 aromatic rings. The molecule has 0 atom stereocenters. The number of thioether (sulfide) groups is 1. The summed E-state index contributed by atoms with van der Waals surface area (Å²) in [6.07, 6.45) is 5.69. The molecule has 7 nitrogen and oxygen atoms in total. The topological polar surface area (TPSA) is 98.7 Å². The third kappa shape index (κ3) is 3.05. The number of rotatable bonds is 3. The molecular weight excluding hydrogens is 360 g/mol. The van der Waals surface area contributed by atoms with E-state index in [0.717, 1.165) is 47.7 Å². The lowest BCUT2D eigenvalue weighted by Gasteiger charge is -2.23. The minimum atomic E-state index is -0.508. The molecule has 3 heterocycles. The number of amides is 1. The van der Waals surface area contributed by atoms with Crippen molar-refractivity contribution in [3.05, 3.63) is 24.0 Å². The van der Waals surface area contributed by atoms with E-state index in [1.54, 1.807) is 0 Å². The minimum absolute atomic E-state index is 0. The SMILES string of the molecule is CSc1ncc2ccc3c(C(N)=O)nn(C4CCNCC4)c3c2n1.Cl. The molecule has 25 heavy (non-hydrogen) atoms. The Balaban J connectivity index is 0.00000182. The molecule has 0 spiro atoms. The van der Waals surface area contributed by atoms with Crippen molar-refractivity contribution in [3.8, 4) is 0 Å². The number of primary amides is 1. The van der Waals surface area contributed by atoms with E-state index in [1.807, 2.05) is 29.3 Å². The Morgan fingerprint density at radius 3 is 2.80 bits per heavy atom. The highest BCUT2D eigenvalue weighted by Crippen LogP contribution is 2.31. The highest BCUT2D eigenvalue weighted by Gasteiger charge is 2.24. The van der Waals surface area contributed by atoms with Gasteiger partial charge in [-0.3, -0.25) is 9.48 Å². The van der Waals surface area contributed by atoms with Crippen LogP contribution >= 0.6 is 24.2 Å². The van der Waals surface area contributed by atoms with Crippen LogP contribution in [0.15, 0.2) is 23.5 Å². The fourth-order valence-electron chi connectivity index (χ4n) is 3.30. The van der Waals surface area contributed by atoms with Gasteiger partial charge < -0.3 is 11.1 Å². The lowest BCUT2D eigenvalue weighted by atomic mass is 10.1. The van der Waals surface area contributed by atoms with E-state index in [0.29, 0.717) is 10.9 Å². The van der Waals surface area contributed by atoms with E-state index in [9.17, 15) is 4.79 Å². The zero-order chi connectivity index (χ0) is 16.7. The van der Waals surface area contributed by atoms with Crippen molar-refractivity contribution in [1.29, 1.82) is 0 Å². The number of aromatic nitrogens is 4. The predicted molar refractivity (Wildman–Crippen MR) is 102 cm³/mol. The molecule has 0 saturated carbocycles. The summed E-state index contributed by atoms with van der Waals surface area (Å²) in [5.74, 6) is -0.508. The highest BCUT2D eigenvalue weighted by atomic mass is 35.5. The first-order chi connectivity index (χ1) is 11.7. The van der Waals surface area contributed by atoms with Gasteiger partial charge in [-0.2, -0.15) is 5.10 Å². The van der Waals surface area contributed by atoms with Gasteiger partial charge >= 0.3 is 0 Å². The van der Waals surface area contributed by atoms with E-state index in [4.69, 9.17) is 5.73 Å². The summed E-state index contributed by atoms with van der Waals surface area (Å²) in [6.45, 7) is 1.88. The number of piperidine rings is 1. The summed E-state index contributed by atoms with van der Waals surface area (Å²) < 4.78 is 1.95. The van der Waals surface area contributed by atoms with Gasteiger partial charge in [0.15, 0.2) is 10.9 Å². The molecule has 1 aliphatic heterocycles. The van der Waals surface area contributed by atoms with Crippen LogP contribution in [0, 0.1) is 0 Å². The van der Waals surface area contributed by atoms with Crippen molar-refractivity contribution in [1.82, 2.24) is 25.1 Å².